The van der Waals surface area contributed by atoms with E-state index in [0.717, 1.165) is 8.61 Å². The van der Waals surface area contributed by atoms with Crippen molar-refractivity contribution in [2.75, 3.05) is 19.6 Å². The fourth-order valence-corrected chi connectivity index (χ4v) is 3.84. The van der Waals surface area contributed by atoms with Gasteiger partial charge in [0, 0.05) is 26.1 Å². The van der Waals surface area contributed by atoms with Crippen LogP contribution in [0.15, 0.2) is 0 Å². The fraction of sp³-hybridized carbons (Fsp3) is 0.800. The van der Waals surface area contributed by atoms with Gasteiger partial charge >= 0.3 is 5.97 Å². The molecule has 0 aromatic heterocycles. The molecule has 0 saturated carbocycles. The number of rotatable bonds is 6. The Morgan fingerprint density at radius 3 is 2.78 bits per heavy atom. The summed E-state index contributed by atoms with van der Waals surface area (Å²) in [5.41, 5.74) is 0. The fourth-order valence-electron chi connectivity index (χ4n) is 2.02. The standard InChI is InChI=1S/C10H17N3O4S/c1-2-12(7-4-6-11)18(16,17)13-8-3-5-9(13)10(14)15/h9H,2-5,7-8H2,1H3,(H,14,15). The lowest BCUT2D eigenvalue weighted by Crippen LogP contribution is -2.48. The summed E-state index contributed by atoms with van der Waals surface area (Å²) >= 11 is 0. The molecular weight excluding hydrogens is 258 g/mol. The van der Waals surface area contributed by atoms with Crippen molar-refractivity contribution in [3.63, 3.8) is 0 Å². The van der Waals surface area contributed by atoms with Crippen LogP contribution in [0.1, 0.15) is 26.2 Å². The van der Waals surface area contributed by atoms with E-state index in [0.29, 0.717) is 12.8 Å². The molecule has 1 fully saturated rings. The highest BCUT2D eigenvalue weighted by molar-refractivity contribution is 7.86. The quantitative estimate of drug-likeness (QED) is 0.736. The van der Waals surface area contributed by atoms with Crippen LogP contribution in [-0.4, -0.2) is 53.8 Å². The molecule has 7 nitrogen and oxygen atoms in total. The van der Waals surface area contributed by atoms with Gasteiger partial charge in [-0.05, 0) is 12.8 Å². The maximum absolute atomic E-state index is 12.3. The second kappa shape index (κ2) is 6.13. The predicted molar refractivity (Wildman–Crippen MR) is 63.8 cm³/mol. The number of hydrogen-bond acceptors (Lipinski definition) is 4. The number of carboxylic acid groups (broad SMARTS) is 1. The van der Waals surface area contributed by atoms with Gasteiger partial charge in [0.25, 0.3) is 10.2 Å². The van der Waals surface area contributed by atoms with Crippen molar-refractivity contribution in [1.82, 2.24) is 8.61 Å². The average molecular weight is 275 g/mol. The molecule has 1 aliphatic heterocycles. The zero-order valence-electron chi connectivity index (χ0n) is 10.2. The van der Waals surface area contributed by atoms with E-state index >= 15 is 0 Å². The minimum atomic E-state index is -3.78. The summed E-state index contributed by atoms with van der Waals surface area (Å²) < 4.78 is 26.7. The first-order valence-corrected chi connectivity index (χ1v) is 7.21. The Labute approximate surface area is 107 Å². The summed E-state index contributed by atoms with van der Waals surface area (Å²) in [4.78, 5) is 11.0. The second-order valence-electron chi connectivity index (χ2n) is 4.01. The Kier molecular flexibility index (Phi) is 5.07. The van der Waals surface area contributed by atoms with Crippen LogP contribution in [0.5, 0.6) is 0 Å². The van der Waals surface area contributed by atoms with Crippen LogP contribution in [0, 0.1) is 11.3 Å². The summed E-state index contributed by atoms with van der Waals surface area (Å²) in [6, 6.07) is 0.908. The largest absolute Gasteiger partial charge is 0.480 e. The van der Waals surface area contributed by atoms with Crippen molar-refractivity contribution in [3.05, 3.63) is 0 Å². The van der Waals surface area contributed by atoms with Gasteiger partial charge in [0.1, 0.15) is 6.04 Å². The molecule has 0 aromatic rings. The van der Waals surface area contributed by atoms with E-state index in [4.69, 9.17) is 10.4 Å². The third-order valence-corrected chi connectivity index (χ3v) is 5.06. The molecule has 1 heterocycles. The third kappa shape index (κ3) is 2.98. The second-order valence-corrected chi connectivity index (χ2v) is 5.90. The lowest BCUT2D eigenvalue weighted by atomic mass is 10.2. The van der Waals surface area contributed by atoms with Crippen molar-refractivity contribution in [2.45, 2.75) is 32.2 Å². The Bertz CT molecular complexity index is 443. The van der Waals surface area contributed by atoms with E-state index in [9.17, 15) is 13.2 Å². The van der Waals surface area contributed by atoms with E-state index in [-0.39, 0.29) is 26.1 Å². The molecular formula is C10H17N3O4S. The highest BCUT2D eigenvalue weighted by Crippen LogP contribution is 2.23. The van der Waals surface area contributed by atoms with Crippen molar-refractivity contribution >= 4 is 16.2 Å². The Morgan fingerprint density at radius 2 is 2.28 bits per heavy atom. The lowest BCUT2D eigenvalue weighted by molar-refractivity contribution is -0.140. The van der Waals surface area contributed by atoms with Gasteiger partial charge in [-0.2, -0.15) is 22.3 Å². The van der Waals surface area contributed by atoms with Gasteiger partial charge in [-0.25, -0.2) is 0 Å². The summed E-state index contributed by atoms with van der Waals surface area (Å²) in [6.07, 6.45) is 0.981. The molecule has 1 aliphatic rings. The first-order chi connectivity index (χ1) is 8.45. The SMILES string of the molecule is CCN(CCC#N)S(=O)(=O)N1CCCC1C(=O)O. The van der Waals surface area contributed by atoms with Gasteiger partial charge in [-0.15, -0.1) is 0 Å². The van der Waals surface area contributed by atoms with Crippen LogP contribution in [0.3, 0.4) is 0 Å². The zero-order valence-corrected chi connectivity index (χ0v) is 11.1. The monoisotopic (exact) mass is 275 g/mol. The minimum absolute atomic E-state index is 0.0954. The van der Waals surface area contributed by atoms with Crippen molar-refractivity contribution in [3.8, 4) is 6.07 Å². The van der Waals surface area contributed by atoms with E-state index in [1.165, 1.54) is 0 Å². The maximum Gasteiger partial charge on any atom is 0.322 e. The average Bonchev–Trinajstić information content (AvgIpc) is 2.79. The van der Waals surface area contributed by atoms with Gasteiger partial charge in [0.15, 0.2) is 0 Å². The van der Waals surface area contributed by atoms with Crippen LogP contribution in [0.2, 0.25) is 0 Å². The van der Waals surface area contributed by atoms with E-state index in [2.05, 4.69) is 0 Å². The van der Waals surface area contributed by atoms with Gasteiger partial charge in [0.2, 0.25) is 0 Å². The first-order valence-electron chi connectivity index (χ1n) is 5.81. The number of carboxylic acids is 1. The van der Waals surface area contributed by atoms with Crippen molar-refractivity contribution in [2.24, 2.45) is 0 Å². The molecule has 1 rings (SSSR count). The summed E-state index contributed by atoms with van der Waals surface area (Å²) in [7, 11) is -3.78. The number of carbonyl (C=O) groups is 1. The molecule has 1 saturated heterocycles. The Balaban J connectivity index is 2.90. The number of hydrogen-bond donors (Lipinski definition) is 1. The number of aliphatic carboxylic acids is 1. The summed E-state index contributed by atoms with van der Waals surface area (Å²) in [5.74, 6) is -1.12. The summed E-state index contributed by atoms with van der Waals surface area (Å²) in [6.45, 7) is 2.22. The molecule has 18 heavy (non-hydrogen) atoms. The zero-order chi connectivity index (χ0) is 13.8. The molecule has 1 atom stereocenters. The van der Waals surface area contributed by atoms with Gasteiger partial charge < -0.3 is 5.11 Å². The predicted octanol–water partition coefficient (Wildman–Crippen LogP) is 0.0158. The van der Waals surface area contributed by atoms with Crippen LogP contribution >= 0.6 is 0 Å². The molecule has 0 bridgehead atoms. The Hall–Kier alpha value is -1.17. The molecule has 0 spiro atoms. The van der Waals surface area contributed by atoms with Crippen LogP contribution in [0.4, 0.5) is 0 Å². The Morgan fingerprint density at radius 1 is 1.61 bits per heavy atom. The van der Waals surface area contributed by atoms with Crippen molar-refractivity contribution < 1.29 is 18.3 Å². The smallest absolute Gasteiger partial charge is 0.322 e. The lowest BCUT2D eigenvalue weighted by Gasteiger charge is -2.28. The maximum atomic E-state index is 12.3. The highest BCUT2D eigenvalue weighted by atomic mass is 32.2. The molecule has 8 heteroatoms. The summed E-state index contributed by atoms with van der Waals surface area (Å²) in [5, 5.41) is 17.5. The van der Waals surface area contributed by atoms with Crippen LogP contribution < -0.4 is 0 Å². The van der Waals surface area contributed by atoms with Crippen LogP contribution in [-0.2, 0) is 15.0 Å². The van der Waals surface area contributed by atoms with E-state index in [1.807, 2.05) is 6.07 Å². The van der Waals surface area contributed by atoms with E-state index < -0.39 is 22.2 Å². The van der Waals surface area contributed by atoms with E-state index in [1.54, 1.807) is 6.92 Å². The van der Waals surface area contributed by atoms with Gasteiger partial charge in [-0.1, -0.05) is 6.92 Å². The first kappa shape index (κ1) is 14.9. The molecule has 0 amide bonds. The van der Waals surface area contributed by atoms with Gasteiger partial charge in [0.05, 0.1) is 6.07 Å². The molecule has 102 valence electrons. The highest BCUT2D eigenvalue weighted by Gasteiger charge is 2.41. The molecule has 0 aromatic carbocycles. The number of nitrogens with zero attached hydrogens (tertiary/aromatic N) is 3. The van der Waals surface area contributed by atoms with Crippen molar-refractivity contribution in [1.29, 1.82) is 5.26 Å². The molecule has 1 unspecified atom stereocenters. The van der Waals surface area contributed by atoms with Crippen LogP contribution in [0.25, 0.3) is 0 Å². The third-order valence-electron chi connectivity index (χ3n) is 2.94. The molecule has 0 radical (unpaired) electrons. The normalized spacial score (nSPS) is 21.1. The molecule has 1 N–H and O–H groups in total. The topological polar surface area (TPSA) is 102 Å². The molecule has 0 aliphatic carbocycles. The number of nitriles is 1. The van der Waals surface area contributed by atoms with Gasteiger partial charge in [-0.3, -0.25) is 4.79 Å². The minimum Gasteiger partial charge on any atom is -0.480 e.